The first-order valence-corrected chi connectivity index (χ1v) is 14.3. The molecule has 1 aliphatic rings. The van der Waals surface area contributed by atoms with Gasteiger partial charge in [0, 0.05) is 43.1 Å². The minimum Gasteiger partial charge on any atom is -0.478 e. The molecule has 1 aliphatic heterocycles. The number of aromatic carboxylic acids is 1. The summed E-state index contributed by atoms with van der Waals surface area (Å²) in [5.74, 6) is -1.21. The SMILES string of the molecule is Cc1ccc(NC(=O)c2cnn(C(C)(C)C)c2-c2ccc(F)cc2)cc1CN1CCC(Oc2ccc(C(=O)O)cn2)CC1. The molecule has 43 heavy (non-hydrogen) atoms. The quantitative estimate of drug-likeness (QED) is 0.256. The third-order valence-electron chi connectivity index (χ3n) is 7.57. The number of rotatable bonds is 8. The van der Waals surface area contributed by atoms with Crippen molar-refractivity contribution in [2.75, 3.05) is 18.4 Å². The Morgan fingerprint density at radius 2 is 1.77 bits per heavy atom. The first-order valence-electron chi connectivity index (χ1n) is 14.3. The average Bonchev–Trinajstić information content (AvgIpc) is 3.43. The highest BCUT2D eigenvalue weighted by molar-refractivity contribution is 6.08. The number of piperidine rings is 1. The fourth-order valence-corrected chi connectivity index (χ4v) is 5.20. The molecule has 0 radical (unpaired) electrons. The first kappa shape index (κ1) is 29.9. The Bertz CT molecular complexity index is 1600. The van der Waals surface area contributed by atoms with E-state index in [2.05, 4.69) is 27.2 Å². The maximum absolute atomic E-state index is 13.7. The van der Waals surface area contributed by atoms with E-state index in [0.29, 0.717) is 28.4 Å². The molecule has 9 nitrogen and oxygen atoms in total. The van der Waals surface area contributed by atoms with Crippen LogP contribution >= 0.6 is 0 Å². The number of nitrogens with zero attached hydrogens (tertiary/aromatic N) is 4. The largest absolute Gasteiger partial charge is 0.478 e. The molecule has 10 heteroatoms. The molecular weight excluding hydrogens is 549 g/mol. The number of carboxylic acids is 1. The lowest BCUT2D eigenvalue weighted by atomic mass is 10.0. The zero-order valence-electron chi connectivity index (χ0n) is 24.8. The first-order chi connectivity index (χ1) is 20.5. The number of benzene rings is 2. The van der Waals surface area contributed by atoms with E-state index >= 15 is 0 Å². The Labute approximate surface area is 250 Å². The Morgan fingerprint density at radius 3 is 2.40 bits per heavy atom. The minimum atomic E-state index is -1.02. The van der Waals surface area contributed by atoms with Gasteiger partial charge in [-0.1, -0.05) is 6.07 Å². The number of carbonyl (C=O) groups excluding carboxylic acids is 1. The number of pyridine rings is 1. The molecule has 0 bridgehead atoms. The number of amides is 1. The van der Waals surface area contributed by atoms with Crippen molar-refractivity contribution in [2.24, 2.45) is 0 Å². The van der Waals surface area contributed by atoms with E-state index in [1.807, 2.05) is 39.0 Å². The number of hydrogen-bond acceptors (Lipinski definition) is 6. The number of halogens is 1. The predicted molar refractivity (Wildman–Crippen MR) is 162 cm³/mol. The van der Waals surface area contributed by atoms with Crippen molar-refractivity contribution in [1.29, 1.82) is 0 Å². The number of aryl methyl sites for hydroxylation is 1. The van der Waals surface area contributed by atoms with E-state index in [1.54, 1.807) is 29.1 Å². The minimum absolute atomic E-state index is 0.00969. The van der Waals surface area contributed by atoms with E-state index in [-0.39, 0.29) is 28.9 Å². The number of aromatic nitrogens is 3. The van der Waals surface area contributed by atoms with Crippen LogP contribution in [0.3, 0.4) is 0 Å². The van der Waals surface area contributed by atoms with Crippen LogP contribution in [0.1, 0.15) is 65.5 Å². The molecule has 5 rings (SSSR count). The molecule has 3 heterocycles. The van der Waals surface area contributed by atoms with Crippen molar-refractivity contribution in [3.8, 4) is 17.1 Å². The molecule has 1 amide bonds. The van der Waals surface area contributed by atoms with Crippen LogP contribution in [0.25, 0.3) is 11.3 Å². The van der Waals surface area contributed by atoms with E-state index in [1.165, 1.54) is 24.4 Å². The molecule has 0 atom stereocenters. The highest BCUT2D eigenvalue weighted by Crippen LogP contribution is 2.30. The molecule has 0 spiro atoms. The Kier molecular flexibility index (Phi) is 8.59. The molecular formula is C33H36FN5O4. The zero-order valence-corrected chi connectivity index (χ0v) is 24.8. The molecule has 2 aromatic carbocycles. The average molecular weight is 586 g/mol. The van der Waals surface area contributed by atoms with Gasteiger partial charge in [-0.3, -0.25) is 14.4 Å². The standard InChI is InChI=1S/C33H36FN5O4/c1-21-5-11-26(37-31(40)28-19-36-39(33(2,3)4)30(28)22-6-9-25(34)10-7-22)17-24(21)20-38-15-13-27(14-16-38)43-29-12-8-23(18-35-29)32(41)42/h5-12,17-19,27H,13-16,20H2,1-4H3,(H,37,40)(H,41,42). The van der Waals surface area contributed by atoms with Gasteiger partial charge in [0.15, 0.2) is 0 Å². The summed E-state index contributed by atoms with van der Waals surface area (Å²) < 4.78 is 21.4. The van der Waals surface area contributed by atoms with Crippen molar-refractivity contribution >= 4 is 17.6 Å². The maximum Gasteiger partial charge on any atom is 0.337 e. The van der Waals surface area contributed by atoms with Gasteiger partial charge in [0.25, 0.3) is 5.91 Å². The fraction of sp³-hybridized carbons (Fsp3) is 0.333. The highest BCUT2D eigenvalue weighted by Gasteiger charge is 2.26. The fourth-order valence-electron chi connectivity index (χ4n) is 5.20. The Morgan fingerprint density at radius 1 is 1.05 bits per heavy atom. The Hall–Kier alpha value is -4.57. The van der Waals surface area contributed by atoms with Crippen LogP contribution in [0, 0.1) is 12.7 Å². The van der Waals surface area contributed by atoms with Gasteiger partial charge in [0.1, 0.15) is 11.9 Å². The Balaban J connectivity index is 1.24. The summed E-state index contributed by atoms with van der Waals surface area (Å²) in [7, 11) is 0. The topological polar surface area (TPSA) is 110 Å². The third kappa shape index (κ3) is 7.09. The lowest BCUT2D eigenvalue weighted by Crippen LogP contribution is -2.38. The summed E-state index contributed by atoms with van der Waals surface area (Å²) in [6.07, 6.45) is 4.53. The summed E-state index contributed by atoms with van der Waals surface area (Å²) in [5, 5.41) is 16.6. The lowest BCUT2D eigenvalue weighted by molar-refractivity contribution is 0.0695. The maximum atomic E-state index is 13.7. The van der Waals surface area contributed by atoms with Crippen LogP contribution < -0.4 is 10.1 Å². The lowest BCUT2D eigenvalue weighted by Gasteiger charge is -2.32. The number of nitrogens with one attached hydrogen (secondary N) is 1. The number of carbonyl (C=O) groups is 2. The summed E-state index contributed by atoms with van der Waals surface area (Å²) in [5.41, 5.74) is 4.44. The molecule has 2 aromatic heterocycles. The number of likely N-dealkylation sites (tertiary alicyclic amines) is 1. The van der Waals surface area contributed by atoms with Crippen molar-refractivity contribution < 1.29 is 23.8 Å². The molecule has 2 N–H and O–H groups in total. The number of anilines is 1. The van der Waals surface area contributed by atoms with Gasteiger partial charge in [-0.15, -0.1) is 0 Å². The third-order valence-corrected chi connectivity index (χ3v) is 7.57. The highest BCUT2D eigenvalue weighted by atomic mass is 19.1. The molecule has 224 valence electrons. The number of carboxylic acid groups (broad SMARTS) is 1. The van der Waals surface area contributed by atoms with Crippen LogP contribution in [-0.4, -0.2) is 55.8 Å². The van der Waals surface area contributed by atoms with E-state index in [9.17, 15) is 14.0 Å². The number of ether oxygens (including phenoxy) is 1. The number of hydrogen-bond donors (Lipinski definition) is 2. The predicted octanol–water partition coefficient (Wildman–Crippen LogP) is 6.14. The second-order valence-electron chi connectivity index (χ2n) is 11.9. The van der Waals surface area contributed by atoms with E-state index in [0.717, 1.165) is 43.6 Å². The van der Waals surface area contributed by atoms with Gasteiger partial charge < -0.3 is 15.2 Å². The van der Waals surface area contributed by atoms with Crippen LogP contribution in [0.5, 0.6) is 5.88 Å². The van der Waals surface area contributed by atoms with E-state index < -0.39 is 5.97 Å². The smallest absolute Gasteiger partial charge is 0.337 e. The van der Waals surface area contributed by atoms with Crippen LogP contribution in [0.2, 0.25) is 0 Å². The summed E-state index contributed by atoms with van der Waals surface area (Å²) >= 11 is 0. The van der Waals surface area contributed by atoms with E-state index in [4.69, 9.17) is 9.84 Å². The van der Waals surface area contributed by atoms with Gasteiger partial charge in [-0.05, 0) is 94.1 Å². The van der Waals surface area contributed by atoms with Crippen molar-refractivity contribution in [1.82, 2.24) is 19.7 Å². The molecule has 1 fully saturated rings. The summed E-state index contributed by atoms with van der Waals surface area (Å²) in [6, 6.07) is 15.1. The van der Waals surface area contributed by atoms with Crippen molar-refractivity contribution in [2.45, 2.75) is 58.7 Å². The normalized spacial score (nSPS) is 14.4. The molecule has 0 unspecified atom stereocenters. The monoisotopic (exact) mass is 585 g/mol. The van der Waals surface area contributed by atoms with Crippen molar-refractivity contribution in [3.63, 3.8) is 0 Å². The molecule has 1 saturated heterocycles. The van der Waals surface area contributed by atoms with Crippen LogP contribution in [0.15, 0.2) is 67.0 Å². The van der Waals surface area contributed by atoms with Gasteiger partial charge in [-0.2, -0.15) is 5.10 Å². The van der Waals surface area contributed by atoms with Gasteiger partial charge in [0.05, 0.1) is 28.6 Å². The van der Waals surface area contributed by atoms with Gasteiger partial charge in [0.2, 0.25) is 5.88 Å². The summed E-state index contributed by atoms with van der Waals surface area (Å²) in [4.78, 5) is 31.1. The molecule has 0 saturated carbocycles. The van der Waals surface area contributed by atoms with Gasteiger partial charge >= 0.3 is 5.97 Å². The second-order valence-corrected chi connectivity index (χ2v) is 11.9. The zero-order chi connectivity index (χ0) is 30.7. The van der Waals surface area contributed by atoms with Crippen molar-refractivity contribution in [3.05, 3.63) is 95.1 Å². The van der Waals surface area contributed by atoms with Gasteiger partial charge in [-0.25, -0.2) is 14.2 Å². The van der Waals surface area contributed by atoms with Crippen LogP contribution in [-0.2, 0) is 12.1 Å². The van der Waals surface area contributed by atoms with Crippen LogP contribution in [0.4, 0.5) is 10.1 Å². The molecule has 0 aliphatic carbocycles. The molecule has 4 aromatic rings. The second kappa shape index (κ2) is 12.3. The summed E-state index contributed by atoms with van der Waals surface area (Å²) in [6.45, 7) is 10.5.